The average molecular weight is 186 g/mol. The van der Waals surface area contributed by atoms with Gasteiger partial charge in [0.1, 0.15) is 0 Å². The lowest BCUT2D eigenvalue weighted by atomic mass is 10.1. The van der Waals surface area contributed by atoms with Crippen LogP contribution in [0.3, 0.4) is 0 Å². The summed E-state index contributed by atoms with van der Waals surface area (Å²) in [5.41, 5.74) is 3.28. The van der Waals surface area contributed by atoms with Gasteiger partial charge < -0.3 is 5.32 Å². The topological polar surface area (TPSA) is 24.4 Å². The van der Waals surface area contributed by atoms with Crippen LogP contribution in [-0.2, 0) is 0 Å². The molecule has 2 heteroatoms. The molecule has 1 heterocycles. The van der Waals surface area contributed by atoms with E-state index < -0.39 is 0 Å². The third-order valence-corrected chi connectivity index (χ3v) is 2.44. The van der Waals surface area contributed by atoms with E-state index in [0.29, 0.717) is 6.04 Å². The van der Waals surface area contributed by atoms with Gasteiger partial charge in [0.15, 0.2) is 0 Å². The highest BCUT2D eigenvalue weighted by molar-refractivity contribution is 5.96. The fraction of sp³-hybridized carbons (Fsp3) is 0.250. The molecular formula is C12H14N2. The van der Waals surface area contributed by atoms with Crippen LogP contribution in [0.1, 0.15) is 13.3 Å². The Balaban J connectivity index is 2.33. The first kappa shape index (κ1) is 9.00. The van der Waals surface area contributed by atoms with Crippen molar-refractivity contribution in [2.75, 3.05) is 5.32 Å². The maximum Gasteiger partial charge on any atom is 0.0861 e. The zero-order valence-corrected chi connectivity index (χ0v) is 8.33. The van der Waals surface area contributed by atoms with E-state index in [1.165, 1.54) is 0 Å². The molecule has 0 radical (unpaired) electrons. The highest BCUT2D eigenvalue weighted by Gasteiger charge is 2.16. The van der Waals surface area contributed by atoms with Crippen LogP contribution in [-0.4, -0.2) is 11.8 Å². The minimum atomic E-state index is 0.308. The first-order valence-electron chi connectivity index (χ1n) is 4.83. The molecule has 1 aliphatic heterocycles. The highest BCUT2D eigenvalue weighted by atomic mass is 15.0. The summed E-state index contributed by atoms with van der Waals surface area (Å²) in [6.45, 7) is 5.80. The van der Waals surface area contributed by atoms with E-state index in [-0.39, 0.29) is 0 Å². The third kappa shape index (κ3) is 1.55. The number of anilines is 1. The van der Waals surface area contributed by atoms with Gasteiger partial charge in [-0.3, -0.25) is 4.99 Å². The minimum absolute atomic E-state index is 0.308. The second-order valence-corrected chi connectivity index (χ2v) is 3.49. The Bertz CT molecular complexity index is 380. The number of aliphatic imine (C=N–C) groups is 1. The van der Waals surface area contributed by atoms with Crippen molar-refractivity contribution >= 4 is 17.1 Å². The van der Waals surface area contributed by atoms with E-state index >= 15 is 0 Å². The summed E-state index contributed by atoms with van der Waals surface area (Å²) in [6, 6.07) is 8.41. The van der Waals surface area contributed by atoms with E-state index in [0.717, 1.165) is 23.5 Å². The normalized spacial score (nSPS) is 19.2. The monoisotopic (exact) mass is 186 g/mol. The largest absolute Gasteiger partial charge is 0.375 e. The van der Waals surface area contributed by atoms with Gasteiger partial charge in [0, 0.05) is 5.71 Å². The molecule has 14 heavy (non-hydrogen) atoms. The van der Waals surface area contributed by atoms with Gasteiger partial charge in [-0.15, -0.1) is 6.58 Å². The quantitative estimate of drug-likeness (QED) is 0.705. The maximum absolute atomic E-state index is 4.55. The van der Waals surface area contributed by atoms with Crippen LogP contribution >= 0.6 is 0 Å². The number of fused-ring (bicyclic) bond motifs is 1. The Morgan fingerprint density at radius 3 is 3.07 bits per heavy atom. The van der Waals surface area contributed by atoms with Crippen LogP contribution in [0.4, 0.5) is 11.4 Å². The zero-order valence-electron chi connectivity index (χ0n) is 8.33. The maximum atomic E-state index is 4.55. The van der Waals surface area contributed by atoms with E-state index in [1.54, 1.807) is 0 Å². The van der Waals surface area contributed by atoms with Crippen LogP contribution < -0.4 is 5.32 Å². The lowest BCUT2D eigenvalue weighted by molar-refractivity contribution is 0.920. The fourth-order valence-electron chi connectivity index (χ4n) is 1.65. The highest BCUT2D eigenvalue weighted by Crippen LogP contribution is 2.29. The van der Waals surface area contributed by atoms with Crippen LogP contribution in [0.5, 0.6) is 0 Å². The molecule has 0 saturated heterocycles. The molecule has 0 aliphatic carbocycles. The van der Waals surface area contributed by atoms with Gasteiger partial charge in [-0.05, 0) is 25.5 Å². The number of nitrogens with zero attached hydrogens (tertiary/aromatic N) is 1. The standard InChI is InChI=1S/C12H14N2/c1-3-6-10-9(2)13-11-7-4-5-8-12(11)14-10/h3-5,7-8,10,14H,1,6H2,2H3. The van der Waals surface area contributed by atoms with E-state index in [4.69, 9.17) is 0 Å². The number of benzene rings is 1. The molecule has 2 rings (SSSR count). The molecule has 72 valence electrons. The summed E-state index contributed by atoms with van der Waals surface area (Å²) in [5, 5.41) is 3.45. The molecule has 0 bridgehead atoms. The molecule has 0 spiro atoms. The lowest BCUT2D eigenvalue weighted by Gasteiger charge is -2.24. The summed E-state index contributed by atoms with van der Waals surface area (Å²) >= 11 is 0. The van der Waals surface area contributed by atoms with Gasteiger partial charge in [-0.2, -0.15) is 0 Å². The molecule has 0 fully saturated rings. The second-order valence-electron chi connectivity index (χ2n) is 3.49. The Labute approximate surface area is 84.4 Å². The molecule has 0 aromatic heterocycles. The predicted octanol–water partition coefficient (Wildman–Crippen LogP) is 3.15. The van der Waals surface area contributed by atoms with Crippen LogP contribution in [0, 0.1) is 0 Å². The van der Waals surface area contributed by atoms with Gasteiger partial charge in [0.2, 0.25) is 0 Å². The summed E-state index contributed by atoms with van der Waals surface area (Å²) in [5.74, 6) is 0. The Hall–Kier alpha value is -1.57. The summed E-state index contributed by atoms with van der Waals surface area (Å²) in [6.07, 6.45) is 2.84. The zero-order chi connectivity index (χ0) is 9.97. The molecule has 1 aromatic rings. The smallest absolute Gasteiger partial charge is 0.0861 e. The van der Waals surface area contributed by atoms with Crippen molar-refractivity contribution in [2.45, 2.75) is 19.4 Å². The first-order chi connectivity index (χ1) is 6.81. The molecule has 2 nitrogen and oxygen atoms in total. The average Bonchev–Trinajstić information content (AvgIpc) is 2.19. The first-order valence-corrected chi connectivity index (χ1v) is 4.83. The molecule has 0 amide bonds. The van der Waals surface area contributed by atoms with Crippen molar-refractivity contribution in [3.63, 3.8) is 0 Å². The van der Waals surface area contributed by atoms with Gasteiger partial charge in [0.05, 0.1) is 17.4 Å². The number of para-hydroxylation sites is 2. The predicted molar refractivity (Wildman–Crippen MR) is 61.4 cm³/mol. The number of hydrogen-bond acceptors (Lipinski definition) is 2. The Kier molecular flexibility index (Phi) is 2.35. The van der Waals surface area contributed by atoms with Gasteiger partial charge in [-0.25, -0.2) is 0 Å². The molecule has 0 saturated carbocycles. The van der Waals surface area contributed by atoms with Crippen LogP contribution in [0.2, 0.25) is 0 Å². The Morgan fingerprint density at radius 1 is 1.50 bits per heavy atom. The molecule has 1 unspecified atom stereocenters. The summed E-state index contributed by atoms with van der Waals surface area (Å²) in [4.78, 5) is 4.55. The molecule has 1 aromatic carbocycles. The molecule has 1 N–H and O–H groups in total. The molecule has 1 atom stereocenters. The Morgan fingerprint density at radius 2 is 2.29 bits per heavy atom. The van der Waals surface area contributed by atoms with E-state index in [2.05, 4.69) is 29.9 Å². The van der Waals surface area contributed by atoms with Crippen molar-refractivity contribution in [1.29, 1.82) is 0 Å². The van der Waals surface area contributed by atoms with E-state index in [9.17, 15) is 0 Å². The van der Waals surface area contributed by atoms with Crippen LogP contribution in [0.25, 0.3) is 0 Å². The number of nitrogens with one attached hydrogen (secondary N) is 1. The van der Waals surface area contributed by atoms with Crippen molar-refractivity contribution in [2.24, 2.45) is 4.99 Å². The summed E-state index contributed by atoms with van der Waals surface area (Å²) < 4.78 is 0. The van der Waals surface area contributed by atoms with Crippen molar-refractivity contribution in [1.82, 2.24) is 0 Å². The second kappa shape index (κ2) is 3.66. The van der Waals surface area contributed by atoms with Gasteiger partial charge in [-0.1, -0.05) is 18.2 Å². The SMILES string of the molecule is C=CCC1Nc2ccccc2N=C1C. The van der Waals surface area contributed by atoms with Gasteiger partial charge >= 0.3 is 0 Å². The van der Waals surface area contributed by atoms with Crippen molar-refractivity contribution in [3.8, 4) is 0 Å². The lowest BCUT2D eigenvalue weighted by Crippen LogP contribution is -2.29. The molecular weight excluding hydrogens is 172 g/mol. The minimum Gasteiger partial charge on any atom is -0.375 e. The fourth-order valence-corrected chi connectivity index (χ4v) is 1.65. The van der Waals surface area contributed by atoms with E-state index in [1.807, 2.05) is 24.3 Å². The van der Waals surface area contributed by atoms with Crippen molar-refractivity contribution < 1.29 is 0 Å². The number of rotatable bonds is 2. The molecule has 1 aliphatic rings. The summed E-state index contributed by atoms with van der Waals surface area (Å²) in [7, 11) is 0. The number of hydrogen-bond donors (Lipinski definition) is 1. The third-order valence-electron chi connectivity index (χ3n) is 2.44. The van der Waals surface area contributed by atoms with Gasteiger partial charge in [0.25, 0.3) is 0 Å². The van der Waals surface area contributed by atoms with Crippen molar-refractivity contribution in [3.05, 3.63) is 36.9 Å². The van der Waals surface area contributed by atoms with Crippen LogP contribution in [0.15, 0.2) is 41.9 Å².